The SMILES string of the molecule is C.CC[C@H](C)[C@H](NC(=O)c1ccc(-c2ccc(Nc3nc4ncc(C(F)(F)F)cc4s3)cc2)cc1)C(=O)O.O=C(O)C(F)(F)F. The Bertz CT molecular complexity index is 1620. The first kappa shape index (κ1) is 36.5. The molecule has 0 radical (unpaired) electrons. The van der Waals surface area contributed by atoms with Gasteiger partial charge in [0, 0.05) is 17.4 Å². The normalized spacial score (nSPS) is 12.6. The van der Waals surface area contributed by atoms with E-state index in [0.29, 0.717) is 27.5 Å². The number of amides is 1. The van der Waals surface area contributed by atoms with E-state index in [-0.39, 0.29) is 19.0 Å². The Morgan fingerprint density at radius 3 is 1.93 bits per heavy atom. The number of carbonyl (C=O) groups is 3. The number of aromatic nitrogens is 2. The fourth-order valence-corrected chi connectivity index (χ4v) is 4.50. The van der Waals surface area contributed by atoms with Crippen LogP contribution in [-0.4, -0.2) is 50.2 Å². The number of anilines is 2. The van der Waals surface area contributed by atoms with Crippen molar-refractivity contribution in [2.75, 3.05) is 5.32 Å². The van der Waals surface area contributed by atoms with Crippen LogP contribution in [0.15, 0.2) is 60.8 Å². The second kappa shape index (κ2) is 14.8. The van der Waals surface area contributed by atoms with E-state index < -0.39 is 41.8 Å². The summed E-state index contributed by atoms with van der Waals surface area (Å²) < 4.78 is 70.8. The summed E-state index contributed by atoms with van der Waals surface area (Å²) in [4.78, 5) is 40.9. The minimum absolute atomic E-state index is 0. The van der Waals surface area contributed by atoms with E-state index in [0.717, 1.165) is 34.7 Å². The van der Waals surface area contributed by atoms with Gasteiger partial charge >= 0.3 is 24.3 Å². The fraction of sp³-hybridized carbons (Fsp3) is 0.276. The van der Waals surface area contributed by atoms with Crippen molar-refractivity contribution in [3.8, 4) is 11.1 Å². The number of carbonyl (C=O) groups excluding carboxylic acids is 1. The smallest absolute Gasteiger partial charge is 0.480 e. The molecule has 0 aliphatic heterocycles. The Kier molecular flexibility index (Phi) is 12.0. The van der Waals surface area contributed by atoms with Crippen molar-refractivity contribution in [1.29, 1.82) is 0 Å². The topological polar surface area (TPSA) is 142 Å². The first-order chi connectivity index (χ1) is 20.5. The van der Waals surface area contributed by atoms with Gasteiger partial charge in [-0.2, -0.15) is 31.3 Å². The van der Waals surface area contributed by atoms with Crippen LogP contribution in [0.5, 0.6) is 0 Å². The van der Waals surface area contributed by atoms with Gasteiger partial charge in [0.15, 0.2) is 10.8 Å². The van der Waals surface area contributed by atoms with E-state index >= 15 is 0 Å². The minimum atomic E-state index is -5.08. The molecule has 1 amide bonds. The Morgan fingerprint density at radius 1 is 0.933 bits per heavy atom. The Hall–Kier alpha value is -4.73. The molecule has 2 aromatic heterocycles. The number of carboxylic acids is 2. The highest BCUT2D eigenvalue weighted by Crippen LogP contribution is 2.34. The predicted molar refractivity (Wildman–Crippen MR) is 156 cm³/mol. The van der Waals surface area contributed by atoms with Crippen LogP contribution in [0.25, 0.3) is 21.5 Å². The number of thiazole rings is 1. The quantitative estimate of drug-likeness (QED) is 0.142. The summed E-state index contributed by atoms with van der Waals surface area (Å²) in [6, 6.07) is 14.2. The highest BCUT2D eigenvalue weighted by atomic mass is 32.1. The lowest BCUT2D eigenvalue weighted by Gasteiger charge is -2.20. The highest BCUT2D eigenvalue weighted by molar-refractivity contribution is 7.22. The van der Waals surface area contributed by atoms with Crippen molar-refractivity contribution >= 4 is 50.3 Å². The molecule has 0 saturated heterocycles. The third-order valence-corrected chi connectivity index (χ3v) is 7.11. The lowest BCUT2D eigenvalue weighted by atomic mass is 9.98. The highest BCUT2D eigenvalue weighted by Gasteiger charge is 2.38. The molecule has 242 valence electrons. The monoisotopic (exact) mass is 658 g/mol. The lowest BCUT2D eigenvalue weighted by molar-refractivity contribution is -0.192. The number of benzene rings is 2. The molecule has 0 aliphatic carbocycles. The summed E-state index contributed by atoms with van der Waals surface area (Å²) in [6.07, 6.45) is -8.16. The van der Waals surface area contributed by atoms with Crippen LogP contribution in [0.4, 0.5) is 37.2 Å². The maximum absolute atomic E-state index is 12.9. The first-order valence-electron chi connectivity index (χ1n) is 12.6. The lowest BCUT2D eigenvalue weighted by Crippen LogP contribution is -2.45. The van der Waals surface area contributed by atoms with Crippen molar-refractivity contribution < 1.29 is 50.9 Å². The minimum Gasteiger partial charge on any atom is -0.480 e. The molecule has 0 saturated carbocycles. The summed E-state index contributed by atoms with van der Waals surface area (Å²) >= 11 is 1.08. The second-order valence-electron chi connectivity index (χ2n) is 9.32. The number of rotatable bonds is 8. The molecule has 0 bridgehead atoms. The van der Waals surface area contributed by atoms with Crippen LogP contribution in [0.2, 0.25) is 0 Å². The van der Waals surface area contributed by atoms with Gasteiger partial charge < -0.3 is 20.8 Å². The van der Waals surface area contributed by atoms with Crippen LogP contribution in [0.3, 0.4) is 0 Å². The Balaban J connectivity index is 0.000000791. The summed E-state index contributed by atoms with van der Waals surface area (Å²) in [5.41, 5.74) is 2.19. The summed E-state index contributed by atoms with van der Waals surface area (Å²) in [5.74, 6) is -4.48. The molecular weight excluding hydrogens is 630 g/mol. The molecular formula is C29H28F6N4O5S. The number of halogens is 6. The average molecular weight is 659 g/mol. The van der Waals surface area contributed by atoms with Crippen LogP contribution < -0.4 is 10.6 Å². The van der Waals surface area contributed by atoms with E-state index in [2.05, 4.69) is 20.6 Å². The second-order valence-corrected chi connectivity index (χ2v) is 10.4. The van der Waals surface area contributed by atoms with Gasteiger partial charge in [0.25, 0.3) is 5.91 Å². The molecule has 4 aromatic rings. The third-order valence-electron chi connectivity index (χ3n) is 6.20. The number of fused-ring (bicyclic) bond motifs is 1. The summed E-state index contributed by atoms with van der Waals surface area (Å²) in [6.45, 7) is 3.64. The van der Waals surface area contributed by atoms with Crippen molar-refractivity contribution in [2.45, 2.75) is 46.1 Å². The third kappa shape index (κ3) is 9.89. The van der Waals surface area contributed by atoms with Crippen molar-refractivity contribution in [3.05, 3.63) is 71.9 Å². The number of pyridine rings is 1. The molecule has 4 rings (SSSR count). The summed E-state index contributed by atoms with van der Waals surface area (Å²) in [5, 5.41) is 22.6. The van der Waals surface area contributed by atoms with E-state index in [1.165, 1.54) is 0 Å². The standard InChI is InChI=1S/C26H23F3N4O3S.C2HF3O2.CH4/c1-3-14(2)21(24(35)36)32-23(34)17-6-4-15(5-7-17)16-8-10-19(11-9-16)31-25-33-22-20(37-25)12-18(13-30-22)26(27,28)29;3-2(4,5)1(6)7;/h4-14,21H,3H2,1-2H3,(H,32,34)(H,35,36)(H,30,31,33);(H,6,7);1H4/t14-,21-;;/m0../s1. The number of hydrogen-bond donors (Lipinski definition) is 4. The first-order valence-corrected chi connectivity index (χ1v) is 13.5. The van der Waals surface area contributed by atoms with Gasteiger partial charge in [-0.3, -0.25) is 4.79 Å². The van der Waals surface area contributed by atoms with E-state index in [4.69, 9.17) is 9.90 Å². The number of hydrogen-bond acceptors (Lipinski definition) is 7. The van der Waals surface area contributed by atoms with Gasteiger partial charge in [-0.05, 0) is 47.4 Å². The molecule has 2 aromatic carbocycles. The van der Waals surface area contributed by atoms with E-state index in [1.807, 2.05) is 19.1 Å². The van der Waals surface area contributed by atoms with Gasteiger partial charge in [-0.25, -0.2) is 14.6 Å². The van der Waals surface area contributed by atoms with E-state index in [1.54, 1.807) is 43.3 Å². The molecule has 0 fully saturated rings. The number of alkyl halides is 6. The molecule has 4 N–H and O–H groups in total. The number of aliphatic carboxylic acids is 2. The summed E-state index contributed by atoms with van der Waals surface area (Å²) in [7, 11) is 0. The van der Waals surface area contributed by atoms with Gasteiger partial charge in [0.1, 0.15) is 6.04 Å². The zero-order valence-corrected chi connectivity index (χ0v) is 23.6. The van der Waals surface area contributed by atoms with Crippen LogP contribution in [0, 0.1) is 5.92 Å². The van der Waals surface area contributed by atoms with Crippen molar-refractivity contribution in [2.24, 2.45) is 5.92 Å². The van der Waals surface area contributed by atoms with Crippen LogP contribution in [-0.2, 0) is 15.8 Å². The van der Waals surface area contributed by atoms with Crippen LogP contribution >= 0.6 is 11.3 Å². The Labute approximate surface area is 256 Å². The molecule has 2 heterocycles. The van der Waals surface area contributed by atoms with E-state index in [9.17, 15) is 41.0 Å². The molecule has 16 heteroatoms. The molecule has 2 atom stereocenters. The molecule has 0 spiro atoms. The maximum atomic E-state index is 12.9. The number of nitrogens with zero attached hydrogens (tertiary/aromatic N) is 2. The predicted octanol–water partition coefficient (Wildman–Crippen LogP) is 7.62. The van der Waals surface area contributed by atoms with Gasteiger partial charge in [0.05, 0.1) is 10.3 Å². The molecule has 0 unspecified atom stereocenters. The zero-order chi connectivity index (χ0) is 32.8. The van der Waals surface area contributed by atoms with Crippen molar-refractivity contribution in [1.82, 2.24) is 15.3 Å². The van der Waals surface area contributed by atoms with Crippen LogP contribution in [0.1, 0.15) is 43.6 Å². The molecule has 45 heavy (non-hydrogen) atoms. The van der Waals surface area contributed by atoms with Gasteiger partial charge in [0.2, 0.25) is 0 Å². The van der Waals surface area contributed by atoms with Gasteiger partial charge in [-0.1, -0.05) is 63.3 Å². The molecule has 0 aliphatic rings. The Morgan fingerprint density at radius 2 is 1.47 bits per heavy atom. The zero-order valence-electron chi connectivity index (χ0n) is 22.8. The number of nitrogens with one attached hydrogen (secondary N) is 2. The fourth-order valence-electron chi connectivity index (χ4n) is 3.62. The maximum Gasteiger partial charge on any atom is 0.490 e. The largest absolute Gasteiger partial charge is 0.490 e. The van der Waals surface area contributed by atoms with Crippen molar-refractivity contribution in [3.63, 3.8) is 0 Å². The average Bonchev–Trinajstić information content (AvgIpc) is 3.36. The number of carboxylic acid groups (broad SMARTS) is 2. The van der Waals surface area contributed by atoms with Gasteiger partial charge in [-0.15, -0.1) is 0 Å². The molecule has 9 nitrogen and oxygen atoms in total.